The second-order valence-corrected chi connectivity index (χ2v) is 11.1. The van der Waals surface area contributed by atoms with E-state index < -0.39 is 6.04 Å². The van der Waals surface area contributed by atoms with Crippen molar-refractivity contribution in [2.75, 3.05) is 5.75 Å². The highest BCUT2D eigenvalue weighted by atomic mass is 79.9. The third-order valence-corrected chi connectivity index (χ3v) is 7.61. The van der Waals surface area contributed by atoms with E-state index in [-0.39, 0.29) is 17.9 Å². The van der Waals surface area contributed by atoms with Crippen LogP contribution in [0.3, 0.4) is 0 Å². The van der Waals surface area contributed by atoms with Gasteiger partial charge >= 0.3 is 0 Å². The van der Waals surface area contributed by atoms with Gasteiger partial charge in [-0.2, -0.15) is 0 Å². The number of nitrogens with zero attached hydrogens (tertiary/aromatic N) is 1. The molecule has 2 atom stereocenters. The van der Waals surface area contributed by atoms with E-state index in [4.69, 9.17) is 0 Å². The Morgan fingerprint density at radius 2 is 1.64 bits per heavy atom. The number of halogens is 1. The van der Waals surface area contributed by atoms with Gasteiger partial charge in [-0.1, -0.05) is 95.1 Å². The molecule has 4 nitrogen and oxygen atoms in total. The molecule has 0 aromatic heterocycles. The number of carbonyl (C=O) groups is 2. The van der Waals surface area contributed by atoms with E-state index in [1.807, 2.05) is 68.4 Å². The van der Waals surface area contributed by atoms with Crippen LogP contribution in [0.4, 0.5) is 0 Å². The molecule has 0 fully saturated rings. The number of hydrogen-bond donors (Lipinski definition) is 1. The minimum Gasteiger partial charge on any atom is -0.352 e. The predicted molar refractivity (Wildman–Crippen MR) is 154 cm³/mol. The van der Waals surface area contributed by atoms with Crippen molar-refractivity contribution in [2.24, 2.45) is 0 Å². The van der Waals surface area contributed by atoms with E-state index in [0.717, 1.165) is 27.8 Å². The van der Waals surface area contributed by atoms with Crippen molar-refractivity contribution in [3.63, 3.8) is 0 Å². The quantitative estimate of drug-likeness (QED) is 0.270. The maximum atomic E-state index is 13.7. The monoisotopic (exact) mass is 566 g/mol. The Hall–Kier alpha value is -2.57. The van der Waals surface area contributed by atoms with Gasteiger partial charge in [0.1, 0.15) is 6.04 Å². The highest BCUT2D eigenvalue weighted by Gasteiger charge is 2.30. The third kappa shape index (κ3) is 8.82. The van der Waals surface area contributed by atoms with E-state index in [1.54, 1.807) is 16.7 Å². The van der Waals surface area contributed by atoms with Gasteiger partial charge in [-0.25, -0.2) is 0 Å². The predicted octanol–water partition coefficient (Wildman–Crippen LogP) is 6.55. The van der Waals surface area contributed by atoms with E-state index >= 15 is 0 Å². The van der Waals surface area contributed by atoms with Gasteiger partial charge in [0.25, 0.3) is 0 Å². The van der Waals surface area contributed by atoms with Gasteiger partial charge in [0, 0.05) is 29.2 Å². The van der Waals surface area contributed by atoms with Crippen molar-refractivity contribution in [1.82, 2.24) is 10.2 Å². The standard InChI is InChI=1S/C30H35BrN2O2S/c1-4-23(3)32-30(35)28(18-24-9-6-5-7-10-24)33(19-26-11-8-12-27(31)17-26)29(34)21-36-20-25-15-13-22(2)14-16-25/h5-17,23,28H,4,18-21H2,1-3H3,(H,32,35)/t23-,28-/m1/s1. The Bertz CT molecular complexity index is 1120. The van der Waals surface area contributed by atoms with Crippen LogP contribution in [0, 0.1) is 6.92 Å². The topological polar surface area (TPSA) is 49.4 Å². The smallest absolute Gasteiger partial charge is 0.243 e. The zero-order chi connectivity index (χ0) is 25.9. The lowest BCUT2D eigenvalue weighted by atomic mass is 10.0. The van der Waals surface area contributed by atoms with Gasteiger partial charge in [-0.15, -0.1) is 11.8 Å². The Kier molecular flexibility index (Phi) is 11.1. The van der Waals surface area contributed by atoms with Crippen LogP contribution in [-0.2, 0) is 28.3 Å². The molecular formula is C30H35BrN2O2S. The number of thioether (sulfide) groups is 1. The lowest BCUT2D eigenvalue weighted by Gasteiger charge is -2.32. The fourth-order valence-corrected chi connectivity index (χ4v) is 5.17. The minimum atomic E-state index is -0.604. The summed E-state index contributed by atoms with van der Waals surface area (Å²) in [5.74, 6) is 0.913. The van der Waals surface area contributed by atoms with E-state index in [9.17, 15) is 9.59 Å². The number of benzene rings is 3. The zero-order valence-corrected chi connectivity index (χ0v) is 23.6. The summed E-state index contributed by atoms with van der Waals surface area (Å²) >= 11 is 5.12. The van der Waals surface area contributed by atoms with Crippen LogP contribution in [0.15, 0.2) is 83.3 Å². The summed E-state index contributed by atoms with van der Waals surface area (Å²) in [7, 11) is 0. The Morgan fingerprint density at radius 3 is 2.31 bits per heavy atom. The molecule has 0 unspecified atom stereocenters. The lowest BCUT2D eigenvalue weighted by Crippen LogP contribution is -2.52. The molecule has 0 radical (unpaired) electrons. The maximum Gasteiger partial charge on any atom is 0.243 e. The van der Waals surface area contributed by atoms with E-state index in [1.165, 1.54) is 11.1 Å². The number of amides is 2. The molecule has 3 rings (SSSR count). The maximum absolute atomic E-state index is 13.7. The highest BCUT2D eigenvalue weighted by Crippen LogP contribution is 2.20. The molecule has 36 heavy (non-hydrogen) atoms. The van der Waals surface area contributed by atoms with Crippen LogP contribution >= 0.6 is 27.7 Å². The van der Waals surface area contributed by atoms with Crippen molar-refractivity contribution in [3.8, 4) is 0 Å². The van der Waals surface area contributed by atoms with Crippen LogP contribution in [0.1, 0.15) is 42.5 Å². The first kappa shape index (κ1) is 28.0. The molecule has 0 heterocycles. The molecule has 0 saturated heterocycles. The van der Waals surface area contributed by atoms with Gasteiger partial charge in [-0.3, -0.25) is 9.59 Å². The molecule has 1 N–H and O–H groups in total. The second kappa shape index (κ2) is 14.2. The van der Waals surface area contributed by atoms with Gasteiger partial charge in [-0.05, 0) is 49.1 Å². The molecule has 3 aromatic carbocycles. The zero-order valence-electron chi connectivity index (χ0n) is 21.2. The Morgan fingerprint density at radius 1 is 0.944 bits per heavy atom. The molecule has 0 spiro atoms. The molecule has 2 amide bonds. The number of rotatable bonds is 12. The first-order chi connectivity index (χ1) is 17.4. The molecule has 0 aliphatic heterocycles. The summed E-state index contributed by atoms with van der Waals surface area (Å²) in [6.07, 6.45) is 1.29. The van der Waals surface area contributed by atoms with Crippen LogP contribution in [-0.4, -0.2) is 34.6 Å². The molecule has 3 aromatic rings. The molecular weight excluding hydrogens is 532 g/mol. The molecule has 0 saturated carbocycles. The number of hydrogen-bond acceptors (Lipinski definition) is 3. The van der Waals surface area contributed by atoms with Crippen LogP contribution in [0.2, 0.25) is 0 Å². The largest absolute Gasteiger partial charge is 0.352 e. The normalized spacial score (nSPS) is 12.6. The first-order valence-electron chi connectivity index (χ1n) is 12.4. The number of aryl methyl sites for hydroxylation is 1. The van der Waals surface area contributed by atoms with E-state index in [0.29, 0.717) is 18.7 Å². The van der Waals surface area contributed by atoms with Gasteiger partial charge in [0.05, 0.1) is 5.75 Å². The van der Waals surface area contributed by atoms with Gasteiger partial charge < -0.3 is 10.2 Å². The summed E-state index contributed by atoms with van der Waals surface area (Å²) in [5.41, 5.74) is 4.42. The molecule has 0 aliphatic rings. The SMILES string of the molecule is CC[C@@H](C)NC(=O)[C@@H](Cc1ccccc1)N(Cc1cccc(Br)c1)C(=O)CSCc1ccc(C)cc1. The van der Waals surface area contributed by atoms with Gasteiger partial charge in [0.2, 0.25) is 11.8 Å². The summed E-state index contributed by atoms with van der Waals surface area (Å²) < 4.78 is 0.949. The summed E-state index contributed by atoms with van der Waals surface area (Å²) in [4.78, 5) is 29.0. The summed E-state index contributed by atoms with van der Waals surface area (Å²) in [5, 5.41) is 3.12. The third-order valence-electron chi connectivity index (χ3n) is 6.13. The highest BCUT2D eigenvalue weighted by molar-refractivity contribution is 9.10. The summed E-state index contributed by atoms with van der Waals surface area (Å²) in [6.45, 7) is 6.48. The van der Waals surface area contributed by atoms with E-state index in [2.05, 4.69) is 52.4 Å². The first-order valence-corrected chi connectivity index (χ1v) is 14.3. The second-order valence-electron chi connectivity index (χ2n) is 9.15. The molecule has 6 heteroatoms. The van der Waals surface area contributed by atoms with Crippen LogP contribution < -0.4 is 5.32 Å². The average molecular weight is 568 g/mol. The number of carbonyl (C=O) groups excluding carboxylic acids is 2. The molecule has 0 bridgehead atoms. The fourth-order valence-electron chi connectivity index (χ4n) is 3.85. The van der Waals surface area contributed by atoms with Crippen molar-refractivity contribution in [1.29, 1.82) is 0 Å². The lowest BCUT2D eigenvalue weighted by molar-refractivity contribution is -0.139. The van der Waals surface area contributed by atoms with Crippen LogP contribution in [0.25, 0.3) is 0 Å². The van der Waals surface area contributed by atoms with Crippen LogP contribution in [0.5, 0.6) is 0 Å². The Balaban J connectivity index is 1.85. The molecule has 0 aliphatic carbocycles. The van der Waals surface area contributed by atoms with Gasteiger partial charge in [0.15, 0.2) is 0 Å². The van der Waals surface area contributed by atoms with Crippen molar-refractivity contribution in [2.45, 2.75) is 58.0 Å². The fraction of sp³-hybridized carbons (Fsp3) is 0.333. The van der Waals surface area contributed by atoms with Crippen molar-refractivity contribution < 1.29 is 9.59 Å². The Labute approximate surface area is 228 Å². The number of nitrogens with one attached hydrogen (secondary N) is 1. The average Bonchev–Trinajstić information content (AvgIpc) is 2.87. The summed E-state index contributed by atoms with van der Waals surface area (Å²) in [6, 6.07) is 25.7. The minimum absolute atomic E-state index is 0.0349. The van der Waals surface area contributed by atoms with Crippen molar-refractivity contribution >= 4 is 39.5 Å². The molecule has 190 valence electrons. The van der Waals surface area contributed by atoms with Crippen molar-refractivity contribution in [3.05, 3.63) is 106 Å².